The van der Waals surface area contributed by atoms with E-state index in [-0.39, 0.29) is 23.3 Å². The van der Waals surface area contributed by atoms with Gasteiger partial charge in [-0.2, -0.15) is 0 Å². The lowest BCUT2D eigenvalue weighted by molar-refractivity contribution is -0.122. The van der Waals surface area contributed by atoms with Crippen LogP contribution in [0, 0.1) is 12.8 Å². The summed E-state index contributed by atoms with van der Waals surface area (Å²) in [6.45, 7) is 1.62. The molecule has 3 amide bonds. The smallest absolute Gasteiger partial charge is 0.305 e. The second-order valence-corrected chi connectivity index (χ2v) is 12.5. The minimum atomic E-state index is -0.842. The van der Waals surface area contributed by atoms with Gasteiger partial charge in [-0.3, -0.25) is 19.2 Å². The fourth-order valence-corrected chi connectivity index (χ4v) is 7.98. The molecule has 4 aromatic rings. The van der Waals surface area contributed by atoms with E-state index >= 15 is 0 Å². The highest BCUT2D eigenvalue weighted by molar-refractivity contribution is 8.00. The Morgan fingerprint density at radius 2 is 1.83 bits per heavy atom. The molecule has 1 fully saturated rings. The van der Waals surface area contributed by atoms with Gasteiger partial charge in [0.2, 0.25) is 11.8 Å². The van der Waals surface area contributed by atoms with Gasteiger partial charge in [0.15, 0.2) is 6.61 Å². The lowest BCUT2D eigenvalue weighted by Crippen LogP contribution is -2.32. The first-order valence-corrected chi connectivity index (χ1v) is 15.0. The molecule has 0 bridgehead atoms. The Morgan fingerprint density at radius 1 is 1.05 bits per heavy atom. The Hall–Kier alpha value is -4.06. The number of hydrogen-bond donors (Lipinski definition) is 2. The summed E-state index contributed by atoms with van der Waals surface area (Å²) >= 11 is 8.59. The summed E-state index contributed by atoms with van der Waals surface area (Å²) in [7, 11) is 1.53. The fraction of sp³-hybridized carbons (Fsp3) is 0.200. The number of methoxy groups -OCH3 is 1. The summed E-state index contributed by atoms with van der Waals surface area (Å²) in [4.78, 5) is 57.3. The lowest BCUT2D eigenvalue weighted by atomic mass is 9.82. The van der Waals surface area contributed by atoms with E-state index in [2.05, 4.69) is 10.3 Å². The van der Waals surface area contributed by atoms with Crippen molar-refractivity contribution in [2.45, 2.75) is 23.1 Å². The van der Waals surface area contributed by atoms with Gasteiger partial charge >= 0.3 is 4.87 Å². The molecule has 42 heavy (non-hydrogen) atoms. The number of rotatable bonds is 7. The number of amides is 3. The molecule has 3 heterocycles. The summed E-state index contributed by atoms with van der Waals surface area (Å²) < 4.78 is 11.2. The van der Waals surface area contributed by atoms with Gasteiger partial charge in [-0.05, 0) is 67.1 Å². The molecule has 3 aromatic carbocycles. The van der Waals surface area contributed by atoms with Gasteiger partial charge in [-0.1, -0.05) is 46.8 Å². The standard InChI is InChI=1S/C30H24ClN3O6S2/c1-15-4-3-5-17(12-15)32-22(35)14-40-21-11-6-16(31)13-20(21)23-24-26(41-27-25(23)42-30(38)33-27)29(37)34(28(24)36)18-7-9-19(39-2)10-8-18/h3-13,23-24,26H,14H2,1-2H3,(H,32,35)(H,33,38). The number of nitrogens with one attached hydrogen (secondary N) is 2. The van der Waals surface area contributed by atoms with Gasteiger partial charge in [-0.25, -0.2) is 4.90 Å². The number of imide groups is 1. The maximum atomic E-state index is 14.0. The van der Waals surface area contributed by atoms with Crippen LogP contribution in [-0.2, 0) is 14.4 Å². The predicted molar refractivity (Wildman–Crippen MR) is 162 cm³/mol. The maximum absolute atomic E-state index is 14.0. The Kier molecular flexibility index (Phi) is 7.56. The van der Waals surface area contributed by atoms with E-state index in [1.165, 1.54) is 23.8 Å². The molecule has 2 N–H and O–H groups in total. The van der Waals surface area contributed by atoms with Crippen molar-refractivity contribution in [3.63, 3.8) is 0 Å². The van der Waals surface area contributed by atoms with E-state index < -0.39 is 23.0 Å². The van der Waals surface area contributed by atoms with Crippen LogP contribution in [0.5, 0.6) is 11.5 Å². The summed E-state index contributed by atoms with van der Waals surface area (Å²) in [5.74, 6) is -1.80. The van der Waals surface area contributed by atoms with Crippen molar-refractivity contribution in [2.24, 2.45) is 5.92 Å². The number of thioether (sulfide) groups is 1. The van der Waals surface area contributed by atoms with Gasteiger partial charge in [-0.15, -0.1) is 0 Å². The van der Waals surface area contributed by atoms with Crippen molar-refractivity contribution < 1.29 is 23.9 Å². The minimum Gasteiger partial charge on any atom is -0.497 e. The number of carbonyl (C=O) groups excluding carboxylic acids is 3. The van der Waals surface area contributed by atoms with Crippen LogP contribution < -0.4 is 24.6 Å². The second-order valence-electron chi connectivity index (χ2n) is 9.85. The van der Waals surface area contributed by atoms with Crippen LogP contribution in [0.2, 0.25) is 5.02 Å². The number of aromatic amines is 1. The van der Waals surface area contributed by atoms with Gasteiger partial charge in [0.05, 0.1) is 23.7 Å². The number of aryl methyl sites for hydroxylation is 1. The third-order valence-electron chi connectivity index (χ3n) is 7.12. The van der Waals surface area contributed by atoms with Crippen LogP contribution in [0.3, 0.4) is 0 Å². The number of fused-ring (bicyclic) bond motifs is 2. The lowest BCUT2D eigenvalue weighted by Gasteiger charge is -2.31. The number of nitrogens with zero attached hydrogens (tertiary/aromatic N) is 1. The van der Waals surface area contributed by atoms with Gasteiger partial charge in [0, 0.05) is 27.1 Å². The second kappa shape index (κ2) is 11.3. The molecule has 1 aromatic heterocycles. The number of ether oxygens (including phenoxy) is 2. The van der Waals surface area contributed by atoms with E-state index in [4.69, 9.17) is 21.1 Å². The zero-order valence-corrected chi connectivity index (χ0v) is 24.8. The molecule has 3 atom stereocenters. The molecule has 0 radical (unpaired) electrons. The van der Waals surface area contributed by atoms with Gasteiger partial charge in [0.1, 0.15) is 16.7 Å². The average molecular weight is 622 g/mol. The van der Waals surface area contributed by atoms with Crippen molar-refractivity contribution in [3.05, 3.63) is 97.4 Å². The summed E-state index contributed by atoms with van der Waals surface area (Å²) in [5.41, 5.74) is 2.57. The van der Waals surface area contributed by atoms with Crippen LogP contribution in [0.25, 0.3) is 0 Å². The number of hydrogen-bond acceptors (Lipinski definition) is 8. The van der Waals surface area contributed by atoms with E-state index in [0.29, 0.717) is 43.4 Å². The molecule has 0 spiro atoms. The molecule has 0 aliphatic carbocycles. The first kappa shape index (κ1) is 28.1. The van der Waals surface area contributed by atoms with Crippen LogP contribution in [0.15, 0.2) is 76.6 Å². The van der Waals surface area contributed by atoms with Crippen LogP contribution >= 0.6 is 34.7 Å². The molecule has 2 aliphatic rings. The van der Waals surface area contributed by atoms with E-state index in [1.54, 1.807) is 48.5 Å². The molecular weight excluding hydrogens is 598 g/mol. The van der Waals surface area contributed by atoms with Gasteiger partial charge < -0.3 is 19.8 Å². The maximum Gasteiger partial charge on any atom is 0.305 e. The molecule has 214 valence electrons. The summed E-state index contributed by atoms with van der Waals surface area (Å²) in [6.07, 6.45) is 0. The topological polar surface area (TPSA) is 118 Å². The number of anilines is 2. The SMILES string of the molecule is COc1ccc(N2C(=O)C3Sc4[nH]c(=O)sc4C(c4cc(Cl)ccc4OCC(=O)Nc4cccc(C)c4)C3C2=O)cc1. The molecule has 12 heteroatoms. The first-order valence-electron chi connectivity index (χ1n) is 12.9. The first-order chi connectivity index (χ1) is 20.2. The van der Waals surface area contributed by atoms with E-state index in [1.807, 2.05) is 25.1 Å². The molecule has 6 rings (SSSR count). The van der Waals surface area contributed by atoms with Gasteiger partial charge in [0.25, 0.3) is 5.91 Å². The minimum absolute atomic E-state index is 0.300. The predicted octanol–water partition coefficient (Wildman–Crippen LogP) is 5.22. The molecule has 9 nitrogen and oxygen atoms in total. The monoisotopic (exact) mass is 621 g/mol. The highest BCUT2D eigenvalue weighted by Crippen LogP contribution is 2.54. The van der Waals surface area contributed by atoms with Crippen molar-refractivity contribution >= 4 is 63.8 Å². The zero-order chi connectivity index (χ0) is 29.5. The highest BCUT2D eigenvalue weighted by Gasteiger charge is 2.56. The molecule has 3 unspecified atom stereocenters. The molecule has 0 saturated carbocycles. The van der Waals surface area contributed by atoms with Crippen molar-refractivity contribution in [1.29, 1.82) is 0 Å². The summed E-state index contributed by atoms with van der Waals surface area (Å²) in [5, 5.41) is 2.92. The quantitative estimate of drug-likeness (QED) is 0.272. The largest absolute Gasteiger partial charge is 0.497 e. The van der Waals surface area contributed by atoms with Crippen LogP contribution in [0.4, 0.5) is 11.4 Å². The van der Waals surface area contributed by atoms with Crippen molar-refractivity contribution in [1.82, 2.24) is 4.98 Å². The van der Waals surface area contributed by atoms with Crippen LogP contribution in [0.1, 0.15) is 21.9 Å². The zero-order valence-electron chi connectivity index (χ0n) is 22.4. The molecule has 1 saturated heterocycles. The number of halogens is 1. The molecular formula is C30H24ClN3O6S2. The number of carbonyl (C=O) groups is 3. The van der Waals surface area contributed by atoms with Crippen molar-refractivity contribution in [2.75, 3.05) is 23.9 Å². The van der Waals surface area contributed by atoms with E-state index in [0.717, 1.165) is 16.9 Å². The van der Waals surface area contributed by atoms with E-state index in [9.17, 15) is 19.2 Å². The number of thiazole rings is 1. The molecule has 2 aliphatic heterocycles. The summed E-state index contributed by atoms with van der Waals surface area (Å²) in [6, 6.07) is 19.0. The number of H-pyrrole nitrogens is 1. The fourth-order valence-electron chi connectivity index (χ4n) is 5.29. The average Bonchev–Trinajstić information content (AvgIpc) is 3.46. The normalized spacial score (nSPS) is 19.3. The Balaban J connectivity index is 1.36. The number of aromatic nitrogens is 1. The van der Waals surface area contributed by atoms with Crippen molar-refractivity contribution in [3.8, 4) is 11.5 Å². The Bertz CT molecular complexity index is 1770. The highest BCUT2D eigenvalue weighted by atomic mass is 35.5. The third kappa shape index (κ3) is 5.19. The number of benzene rings is 3. The Morgan fingerprint density at radius 3 is 2.57 bits per heavy atom. The Labute approximate surface area is 253 Å². The third-order valence-corrected chi connectivity index (χ3v) is 9.76. The van der Waals surface area contributed by atoms with Crippen LogP contribution in [-0.4, -0.2) is 41.7 Å².